The molecule has 1 amide bonds. The van der Waals surface area contributed by atoms with E-state index in [0.717, 1.165) is 29.3 Å². The van der Waals surface area contributed by atoms with E-state index in [1.165, 1.54) is 0 Å². The minimum absolute atomic E-state index is 0.0194. The maximum absolute atomic E-state index is 12.5. The molecule has 1 aliphatic rings. The molecule has 0 spiro atoms. The molecular formula is C16H21N3O2. The van der Waals surface area contributed by atoms with Gasteiger partial charge in [-0.1, -0.05) is 18.2 Å². The average molecular weight is 287 g/mol. The number of aliphatic hydroxyl groups excluding tert-OH is 1. The average Bonchev–Trinajstić information content (AvgIpc) is 3.13. The number of hydrogen-bond acceptors (Lipinski definition) is 3. The molecule has 1 aliphatic heterocycles. The molecule has 1 saturated heterocycles. The van der Waals surface area contributed by atoms with Crippen LogP contribution in [0, 0.1) is 0 Å². The van der Waals surface area contributed by atoms with Crippen molar-refractivity contribution in [2.24, 2.45) is 5.73 Å². The number of aromatic nitrogens is 1. The lowest BCUT2D eigenvalue weighted by Gasteiger charge is -2.26. The smallest absolute Gasteiger partial charge is 0.240 e. The number of rotatable bonds is 4. The number of H-pyrrole nitrogens is 1. The lowest BCUT2D eigenvalue weighted by atomic mass is 10.0. The maximum atomic E-state index is 12.5. The Kier molecular flexibility index (Phi) is 3.94. The third-order valence-electron chi connectivity index (χ3n) is 4.30. The van der Waals surface area contributed by atoms with E-state index in [9.17, 15) is 9.90 Å². The van der Waals surface area contributed by atoms with Gasteiger partial charge in [-0.3, -0.25) is 4.79 Å². The molecule has 0 saturated carbocycles. The highest BCUT2D eigenvalue weighted by Gasteiger charge is 2.31. The van der Waals surface area contributed by atoms with Gasteiger partial charge in [0.05, 0.1) is 18.7 Å². The minimum atomic E-state index is -0.559. The van der Waals surface area contributed by atoms with Crippen molar-refractivity contribution in [3.63, 3.8) is 0 Å². The Morgan fingerprint density at radius 1 is 1.48 bits per heavy atom. The van der Waals surface area contributed by atoms with Gasteiger partial charge in [0, 0.05) is 23.6 Å². The van der Waals surface area contributed by atoms with Crippen LogP contribution in [0.15, 0.2) is 30.5 Å². The molecule has 0 radical (unpaired) electrons. The molecule has 112 valence electrons. The van der Waals surface area contributed by atoms with E-state index < -0.39 is 6.04 Å². The third kappa shape index (κ3) is 2.66. The molecule has 2 aromatic rings. The Morgan fingerprint density at radius 3 is 3.10 bits per heavy atom. The van der Waals surface area contributed by atoms with E-state index in [2.05, 4.69) is 4.98 Å². The van der Waals surface area contributed by atoms with Crippen molar-refractivity contribution >= 4 is 16.8 Å². The van der Waals surface area contributed by atoms with Crippen molar-refractivity contribution in [3.05, 3.63) is 36.0 Å². The summed E-state index contributed by atoms with van der Waals surface area (Å²) < 4.78 is 0. The summed E-state index contributed by atoms with van der Waals surface area (Å²) in [5.41, 5.74) is 8.23. The molecule has 5 nitrogen and oxygen atoms in total. The van der Waals surface area contributed by atoms with Gasteiger partial charge in [0.1, 0.15) is 0 Å². The van der Waals surface area contributed by atoms with Crippen LogP contribution >= 0.6 is 0 Å². The highest BCUT2D eigenvalue weighted by Crippen LogP contribution is 2.21. The van der Waals surface area contributed by atoms with E-state index in [-0.39, 0.29) is 18.6 Å². The quantitative estimate of drug-likeness (QED) is 0.785. The number of likely N-dealkylation sites (tertiary alicyclic amines) is 1. The summed E-state index contributed by atoms with van der Waals surface area (Å²) in [5, 5.41) is 10.4. The SMILES string of the molecule is N[C@H](Cc1c[nH]c2ccccc12)C(=O)N1CCC[C@@H]1CO. The van der Waals surface area contributed by atoms with Crippen molar-refractivity contribution in [3.8, 4) is 0 Å². The molecule has 2 heterocycles. The normalized spacial score (nSPS) is 20.1. The number of amides is 1. The first-order valence-corrected chi connectivity index (χ1v) is 7.42. The van der Waals surface area contributed by atoms with Crippen LogP contribution in [-0.2, 0) is 11.2 Å². The van der Waals surface area contributed by atoms with Crippen LogP contribution in [0.25, 0.3) is 10.9 Å². The second-order valence-corrected chi connectivity index (χ2v) is 5.68. The fourth-order valence-corrected chi connectivity index (χ4v) is 3.15. The van der Waals surface area contributed by atoms with E-state index in [4.69, 9.17) is 5.73 Å². The Hall–Kier alpha value is -1.85. The van der Waals surface area contributed by atoms with E-state index in [0.29, 0.717) is 13.0 Å². The monoisotopic (exact) mass is 287 g/mol. The summed E-state index contributed by atoms with van der Waals surface area (Å²) in [6, 6.07) is 7.38. The standard InChI is InChI=1S/C16H21N3O2/c17-14(16(21)19-7-3-4-12(19)10-20)8-11-9-18-15-6-2-1-5-13(11)15/h1-2,5-6,9,12,14,18,20H,3-4,7-8,10,17H2/t12-,14-/m1/s1. The van der Waals surface area contributed by atoms with E-state index >= 15 is 0 Å². The molecule has 1 fully saturated rings. The summed E-state index contributed by atoms with van der Waals surface area (Å²) >= 11 is 0. The molecule has 1 aromatic carbocycles. The van der Waals surface area contributed by atoms with Crippen LogP contribution in [0.1, 0.15) is 18.4 Å². The van der Waals surface area contributed by atoms with Crippen molar-refractivity contribution in [1.29, 1.82) is 0 Å². The van der Waals surface area contributed by atoms with Gasteiger partial charge in [0.2, 0.25) is 5.91 Å². The van der Waals surface area contributed by atoms with Gasteiger partial charge in [-0.05, 0) is 30.9 Å². The lowest BCUT2D eigenvalue weighted by Crippen LogP contribution is -2.47. The van der Waals surface area contributed by atoms with Gasteiger partial charge < -0.3 is 20.7 Å². The Morgan fingerprint density at radius 2 is 2.29 bits per heavy atom. The molecule has 2 atom stereocenters. The van der Waals surface area contributed by atoms with Crippen LogP contribution in [0.5, 0.6) is 0 Å². The zero-order chi connectivity index (χ0) is 14.8. The molecule has 0 aliphatic carbocycles. The summed E-state index contributed by atoms with van der Waals surface area (Å²) in [6.45, 7) is 0.719. The highest BCUT2D eigenvalue weighted by molar-refractivity contribution is 5.86. The van der Waals surface area contributed by atoms with Crippen LogP contribution in [0.3, 0.4) is 0 Å². The number of nitrogens with two attached hydrogens (primary N) is 1. The van der Waals surface area contributed by atoms with Crippen LogP contribution in [-0.4, -0.2) is 46.1 Å². The first-order valence-electron chi connectivity index (χ1n) is 7.42. The van der Waals surface area contributed by atoms with Crippen LogP contribution in [0.4, 0.5) is 0 Å². The predicted octanol–water partition coefficient (Wildman–Crippen LogP) is 1.02. The number of nitrogens with zero attached hydrogens (tertiary/aromatic N) is 1. The van der Waals surface area contributed by atoms with Gasteiger partial charge in [-0.2, -0.15) is 0 Å². The zero-order valence-corrected chi connectivity index (χ0v) is 12.0. The Bertz CT molecular complexity index is 637. The molecule has 21 heavy (non-hydrogen) atoms. The molecule has 0 unspecified atom stereocenters. The number of nitrogens with one attached hydrogen (secondary N) is 1. The molecule has 4 N–H and O–H groups in total. The summed E-state index contributed by atoms with van der Waals surface area (Å²) in [6.07, 6.45) is 4.24. The summed E-state index contributed by atoms with van der Waals surface area (Å²) in [5.74, 6) is -0.0585. The summed E-state index contributed by atoms with van der Waals surface area (Å²) in [7, 11) is 0. The van der Waals surface area contributed by atoms with Gasteiger partial charge in [-0.25, -0.2) is 0 Å². The summed E-state index contributed by atoms with van der Waals surface area (Å²) in [4.78, 5) is 17.4. The largest absolute Gasteiger partial charge is 0.394 e. The maximum Gasteiger partial charge on any atom is 0.240 e. The van der Waals surface area contributed by atoms with Crippen molar-refractivity contribution in [1.82, 2.24) is 9.88 Å². The van der Waals surface area contributed by atoms with Crippen molar-refractivity contribution in [2.45, 2.75) is 31.3 Å². The van der Waals surface area contributed by atoms with Crippen molar-refractivity contribution in [2.75, 3.05) is 13.2 Å². The third-order valence-corrected chi connectivity index (χ3v) is 4.30. The second-order valence-electron chi connectivity index (χ2n) is 5.68. The molecule has 5 heteroatoms. The van der Waals surface area contributed by atoms with Crippen LogP contribution < -0.4 is 5.73 Å². The zero-order valence-electron chi connectivity index (χ0n) is 12.0. The fourth-order valence-electron chi connectivity index (χ4n) is 3.15. The number of aromatic amines is 1. The number of carbonyl (C=O) groups excluding carboxylic acids is 1. The molecule has 1 aromatic heterocycles. The van der Waals surface area contributed by atoms with Gasteiger partial charge >= 0.3 is 0 Å². The Balaban J connectivity index is 1.74. The number of aliphatic hydroxyl groups is 1. The fraction of sp³-hybridized carbons (Fsp3) is 0.438. The number of benzene rings is 1. The minimum Gasteiger partial charge on any atom is -0.394 e. The van der Waals surface area contributed by atoms with E-state index in [1.807, 2.05) is 30.5 Å². The number of fused-ring (bicyclic) bond motifs is 1. The van der Waals surface area contributed by atoms with Crippen molar-refractivity contribution < 1.29 is 9.90 Å². The number of para-hydroxylation sites is 1. The van der Waals surface area contributed by atoms with E-state index in [1.54, 1.807) is 4.90 Å². The van der Waals surface area contributed by atoms with Gasteiger partial charge in [0.15, 0.2) is 0 Å². The number of carbonyl (C=O) groups is 1. The predicted molar refractivity (Wildman–Crippen MR) is 81.8 cm³/mol. The molecular weight excluding hydrogens is 266 g/mol. The first kappa shape index (κ1) is 14.1. The van der Waals surface area contributed by atoms with Crippen LogP contribution in [0.2, 0.25) is 0 Å². The van der Waals surface area contributed by atoms with Gasteiger partial charge in [-0.15, -0.1) is 0 Å². The highest BCUT2D eigenvalue weighted by atomic mass is 16.3. The number of hydrogen-bond donors (Lipinski definition) is 3. The second kappa shape index (κ2) is 5.87. The topological polar surface area (TPSA) is 82.4 Å². The Labute approximate surface area is 123 Å². The molecule has 0 bridgehead atoms. The molecule has 3 rings (SSSR count). The first-order chi connectivity index (χ1) is 10.2. The van der Waals surface area contributed by atoms with Gasteiger partial charge in [0.25, 0.3) is 0 Å². The lowest BCUT2D eigenvalue weighted by molar-refractivity contribution is -0.134.